The molecule has 0 unspecified atom stereocenters. The number of fused-ring (bicyclic) bond motifs is 2. The van der Waals surface area contributed by atoms with Crippen LogP contribution in [0.2, 0.25) is 0 Å². The summed E-state index contributed by atoms with van der Waals surface area (Å²) >= 11 is 1.32. The molecule has 3 aromatic rings. The van der Waals surface area contributed by atoms with E-state index in [1.807, 2.05) is 0 Å². The Labute approximate surface area is 200 Å². The van der Waals surface area contributed by atoms with Crippen molar-refractivity contribution >= 4 is 33.1 Å². The number of carbonyl (C=O) groups excluding carboxylic acids is 1. The van der Waals surface area contributed by atoms with Gasteiger partial charge in [-0.1, -0.05) is 6.07 Å². The molecule has 2 aliphatic rings. The van der Waals surface area contributed by atoms with Crippen LogP contribution in [0.3, 0.4) is 0 Å². The Morgan fingerprint density at radius 2 is 1.83 bits per heavy atom. The fourth-order valence-corrected chi connectivity index (χ4v) is 5.49. The van der Waals surface area contributed by atoms with Crippen molar-refractivity contribution in [3.8, 4) is 5.13 Å². The Bertz CT molecular complexity index is 1170. The van der Waals surface area contributed by atoms with Crippen molar-refractivity contribution in [1.29, 1.82) is 0 Å². The van der Waals surface area contributed by atoms with E-state index in [0.717, 1.165) is 55.3 Å². The summed E-state index contributed by atoms with van der Waals surface area (Å²) in [5, 5.41) is 8.79. The van der Waals surface area contributed by atoms with Gasteiger partial charge < -0.3 is 10.0 Å². The van der Waals surface area contributed by atoms with E-state index >= 15 is 0 Å². The first-order valence-corrected chi connectivity index (χ1v) is 11.7. The van der Waals surface area contributed by atoms with Crippen molar-refractivity contribution in [2.24, 2.45) is 0 Å². The number of nitrogens with one attached hydrogen (secondary N) is 1. The maximum absolute atomic E-state index is 12.6. The van der Waals surface area contributed by atoms with Crippen LogP contribution in [0.5, 0.6) is 0 Å². The summed E-state index contributed by atoms with van der Waals surface area (Å²) in [6, 6.07) is 2.67. The number of urea groups is 1. The predicted molar refractivity (Wildman–Crippen MR) is 109 cm³/mol. The smallest absolute Gasteiger partial charge is 0.423 e. The Balaban J connectivity index is 0.00000218. The molecule has 0 spiro atoms. The van der Waals surface area contributed by atoms with Crippen LogP contribution in [0, 0.1) is 0 Å². The van der Waals surface area contributed by atoms with Crippen molar-refractivity contribution in [3.63, 3.8) is 0 Å². The summed E-state index contributed by atoms with van der Waals surface area (Å²) in [7, 11) is -4.22. The van der Waals surface area contributed by atoms with Gasteiger partial charge >= 0.3 is 29.6 Å². The van der Waals surface area contributed by atoms with Gasteiger partial charge in [0.25, 0.3) is 0 Å². The number of rotatable bonds is 4. The van der Waals surface area contributed by atoms with E-state index in [1.165, 1.54) is 39.4 Å². The molecular weight excluding hydrogens is 433 g/mol. The summed E-state index contributed by atoms with van der Waals surface area (Å²) in [4.78, 5) is 16.6. The van der Waals surface area contributed by atoms with E-state index in [-0.39, 0.29) is 34.6 Å². The molecule has 2 aromatic heterocycles. The zero-order valence-electron chi connectivity index (χ0n) is 16.5. The van der Waals surface area contributed by atoms with E-state index in [1.54, 1.807) is 11.6 Å². The summed E-state index contributed by atoms with van der Waals surface area (Å²) in [5.74, 6) is 0. The average molecular weight is 452 g/mol. The quantitative estimate of drug-likeness (QED) is 0.585. The van der Waals surface area contributed by atoms with Crippen molar-refractivity contribution < 1.29 is 42.8 Å². The molecule has 0 aliphatic heterocycles. The Morgan fingerprint density at radius 3 is 2.47 bits per heavy atom. The molecule has 2 aliphatic carbocycles. The number of sulfonamides is 1. The maximum Gasteiger partial charge on any atom is 1.00 e. The summed E-state index contributed by atoms with van der Waals surface area (Å²) in [5.41, 5.74) is 5.53. The zero-order valence-corrected chi connectivity index (χ0v) is 20.1. The second-order valence-electron chi connectivity index (χ2n) is 7.14. The fourth-order valence-electron chi connectivity index (χ4n) is 4.13. The first kappa shape index (κ1) is 21.5. The number of anilines is 1. The number of nitrogens with zero attached hydrogens (tertiary/aromatic N) is 4. The number of amides is 2. The van der Waals surface area contributed by atoms with Crippen LogP contribution < -0.4 is 34.9 Å². The molecule has 2 amide bonds. The molecule has 30 heavy (non-hydrogen) atoms. The van der Waals surface area contributed by atoms with E-state index in [0.29, 0.717) is 5.13 Å². The van der Waals surface area contributed by atoms with Crippen LogP contribution in [0.4, 0.5) is 10.5 Å². The van der Waals surface area contributed by atoms with Gasteiger partial charge in [-0.25, -0.2) is 18.1 Å². The van der Waals surface area contributed by atoms with Crippen molar-refractivity contribution in [2.45, 2.75) is 43.6 Å². The van der Waals surface area contributed by atoms with Crippen LogP contribution in [-0.2, 0) is 35.7 Å². The Kier molecular flexibility index (Phi) is 6.04. The predicted octanol–water partition coefficient (Wildman–Crippen LogP) is 0.605. The molecule has 1 aromatic carbocycles. The normalized spacial score (nSPS) is 14.7. The average Bonchev–Trinajstić information content (AvgIpc) is 3.46. The number of hydrogen-bond acceptors (Lipinski definition) is 6. The van der Waals surface area contributed by atoms with Gasteiger partial charge in [0.1, 0.15) is 0 Å². The molecule has 8 nitrogen and oxygen atoms in total. The summed E-state index contributed by atoms with van der Waals surface area (Å²) < 4.78 is 29.9. The number of aromatic nitrogens is 3. The molecule has 0 atom stereocenters. The van der Waals surface area contributed by atoms with Crippen molar-refractivity contribution in [3.05, 3.63) is 56.9 Å². The van der Waals surface area contributed by atoms with Gasteiger partial charge in [0.15, 0.2) is 11.1 Å². The SMILES string of the molecule is O=C([N-]S(=O)(=O)c1ccn(-c2nccs2)n1)Nc1c2c(cc3c1CCC3)CCC2.[Na+]. The molecule has 0 radical (unpaired) electrons. The summed E-state index contributed by atoms with van der Waals surface area (Å²) in [6.07, 6.45) is 8.95. The van der Waals surface area contributed by atoms with Crippen LogP contribution in [0.25, 0.3) is 9.85 Å². The molecule has 0 fully saturated rings. The first-order chi connectivity index (χ1) is 14.0. The van der Waals surface area contributed by atoms with Gasteiger partial charge in [0.05, 0.1) is 0 Å². The number of aryl methyl sites for hydroxylation is 2. The minimum atomic E-state index is -4.22. The topological polar surface area (TPSA) is 108 Å². The molecule has 150 valence electrons. The third-order valence-corrected chi connectivity index (χ3v) is 7.27. The third kappa shape index (κ3) is 3.94. The minimum Gasteiger partial charge on any atom is -0.423 e. The second kappa shape index (κ2) is 8.43. The molecule has 5 rings (SSSR count). The molecule has 1 N–H and O–H groups in total. The minimum absolute atomic E-state index is 0. The molecule has 11 heteroatoms. The Morgan fingerprint density at radius 1 is 1.13 bits per heavy atom. The second-order valence-corrected chi connectivity index (χ2v) is 9.57. The molecule has 0 bridgehead atoms. The van der Waals surface area contributed by atoms with E-state index in [2.05, 4.69) is 26.2 Å². The molecule has 0 saturated heterocycles. The largest absolute Gasteiger partial charge is 1.00 e. The van der Waals surface area contributed by atoms with Crippen LogP contribution in [0.1, 0.15) is 35.1 Å². The van der Waals surface area contributed by atoms with Gasteiger partial charge in [-0.15, -0.1) is 11.3 Å². The van der Waals surface area contributed by atoms with Gasteiger partial charge in [-0.05, 0) is 72.5 Å². The summed E-state index contributed by atoms with van der Waals surface area (Å²) in [6.45, 7) is 0. The monoisotopic (exact) mass is 451 g/mol. The number of thiazole rings is 1. The molecule has 2 heterocycles. The fraction of sp³-hybridized carbons (Fsp3) is 0.316. The zero-order chi connectivity index (χ0) is 20.0. The molecular formula is C19H18N5NaO3S2. The first-order valence-electron chi connectivity index (χ1n) is 9.42. The number of benzene rings is 1. The number of hydrogen-bond donors (Lipinski definition) is 1. The Hall–Kier alpha value is -1.72. The van der Waals surface area contributed by atoms with E-state index < -0.39 is 16.1 Å². The van der Waals surface area contributed by atoms with Crippen LogP contribution in [0.15, 0.2) is 34.9 Å². The van der Waals surface area contributed by atoms with Gasteiger partial charge in [-0.3, -0.25) is 4.79 Å². The maximum atomic E-state index is 12.6. The molecule has 0 saturated carbocycles. The van der Waals surface area contributed by atoms with Crippen molar-refractivity contribution in [2.75, 3.05) is 5.32 Å². The van der Waals surface area contributed by atoms with E-state index in [9.17, 15) is 13.2 Å². The van der Waals surface area contributed by atoms with Gasteiger partial charge in [0, 0.05) is 17.8 Å². The standard InChI is InChI=1S/C19H19N5O3S2.Na/c25-18(21-17-14-5-1-3-12(14)11-13-4-2-6-15(13)17)23-29(26,27)16-7-9-24(22-16)19-20-8-10-28-19;/h7-11H,1-6H2,(H2,21,23,25);/q;+1/p-1. The third-order valence-electron chi connectivity index (χ3n) is 5.35. The van der Waals surface area contributed by atoms with Gasteiger partial charge in [-0.2, -0.15) is 5.10 Å². The number of carbonyl (C=O) groups is 1. The van der Waals surface area contributed by atoms with Crippen LogP contribution in [-0.4, -0.2) is 29.2 Å². The van der Waals surface area contributed by atoms with Gasteiger partial charge in [0.2, 0.25) is 15.2 Å². The van der Waals surface area contributed by atoms with Crippen molar-refractivity contribution in [1.82, 2.24) is 14.8 Å². The van der Waals surface area contributed by atoms with Crippen LogP contribution >= 0.6 is 11.3 Å². The van der Waals surface area contributed by atoms with E-state index in [4.69, 9.17) is 0 Å².